The standard InChI is InChI=1S/C11H15ClN2O3S/c1-11(15)4-5-14(7-11)18(16,17)8-2-3-10(13)9(12)6-8/h2-3,6,15H,4-5,7,13H2,1H3. The molecule has 3 N–H and O–H groups in total. The summed E-state index contributed by atoms with van der Waals surface area (Å²) in [5.74, 6) is 0. The maximum atomic E-state index is 12.3. The van der Waals surface area contributed by atoms with Gasteiger partial charge in [0.2, 0.25) is 10.0 Å². The van der Waals surface area contributed by atoms with Gasteiger partial charge >= 0.3 is 0 Å². The fraction of sp³-hybridized carbons (Fsp3) is 0.455. The minimum Gasteiger partial charge on any atom is -0.398 e. The predicted molar refractivity (Wildman–Crippen MR) is 69.9 cm³/mol. The maximum Gasteiger partial charge on any atom is 0.243 e. The van der Waals surface area contributed by atoms with Gasteiger partial charge in [-0.2, -0.15) is 4.31 Å². The molecule has 1 fully saturated rings. The lowest BCUT2D eigenvalue weighted by Crippen LogP contribution is -2.33. The van der Waals surface area contributed by atoms with Crippen LogP contribution in [0.1, 0.15) is 13.3 Å². The molecule has 1 atom stereocenters. The minimum absolute atomic E-state index is 0.0946. The second-order valence-electron chi connectivity index (χ2n) is 4.77. The van der Waals surface area contributed by atoms with E-state index >= 15 is 0 Å². The van der Waals surface area contributed by atoms with Crippen molar-refractivity contribution in [2.75, 3.05) is 18.8 Å². The average Bonchev–Trinajstić information content (AvgIpc) is 2.63. The van der Waals surface area contributed by atoms with Crippen LogP contribution in [0.25, 0.3) is 0 Å². The second-order valence-corrected chi connectivity index (χ2v) is 7.11. The van der Waals surface area contributed by atoms with Crippen LogP contribution in [-0.2, 0) is 10.0 Å². The molecule has 0 amide bonds. The van der Waals surface area contributed by atoms with Crippen molar-refractivity contribution in [1.82, 2.24) is 4.31 Å². The van der Waals surface area contributed by atoms with E-state index < -0.39 is 15.6 Å². The van der Waals surface area contributed by atoms with Crippen LogP contribution in [0.5, 0.6) is 0 Å². The first kappa shape index (κ1) is 13.6. The summed E-state index contributed by atoms with van der Waals surface area (Å²) in [7, 11) is -3.62. The van der Waals surface area contributed by atoms with Gasteiger partial charge in [-0.3, -0.25) is 0 Å². The number of benzene rings is 1. The lowest BCUT2D eigenvalue weighted by atomic mass is 10.1. The Hall–Kier alpha value is -0.820. The fourth-order valence-corrected chi connectivity index (χ4v) is 3.76. The number of anilines is 1. The van der Waals surface area contributed by atoms with E-state index in [4.69, 9.17) is 17.3 Å². The van der Waals surface area contributed by atoms with Crippen LogP contribution < -0.4 is 5.73 Å². The number of halogens is 1. The van der Waals surface area contributed by atoms with E-state index in [2.05, 4.69) is 0 Å². The topological polar surface area (TPSA) is 83.6 Å². The summed E-state index contributed by atoms with van der Waals surface area (Å²) in [6, 6.07) is 4.21. The third-order valence-corrected chi connectivity index (χ3v) is 5.19. The van der Waals surface area contributed by atoms with Crippen molar-refractivity contribution in [3.63, 3.8) is 0 Å². The Morgan fingerprint density at radius 2 is 2.17 bits per heavy atom. The van der Waals surface area contributed by atoms with Gasteiger partial charge in [0.05, 0.1) is 21.2 Å². The van der Waals surface area contributed by atoms with Crippen LogP contribution in [0, 0.1) is 0 Å². The monoisotopic (exact) mass is 290 g/mol. The third kappa shape index (κ3) is 2.47. The molecule has 18 heavy (non-hydrogen) atoms. The second kappa shape index (κ2) is 4.38. The van der Waals surface area contributed by atoms with Gasteiger partial charge in [-0.05, 0) is 31.5 Å². The molecule has 1 aromatic rings. The number of nitrogens with zero attached hydrogens (tertiary/aromatic N) is 1. The molecule has 1 aliphatic heterocycles. The molecule has 5 nitrogen and oxygen atoms in total. The zero-order valence-electron chi connectivity index (χ0n) is 9.93. The van der Waals surface area contributed by atoms with E-state index in [0.717, 1.165) is 0 Å². The zero-order valence-corrected chi connectivity index (χ0v) is 11.5. The molecule has 2 rings (SSSR count). The SMILES string of the molecule is CC1(O)CCN(S(=O)(=O)c2ccc(N)c(Cl)c2)C1. The van der Waals surface area contributed by atoms with Crippen molar-refractivity contribution in [2.24, 2.45) is 0 Å². The fourth-order valence-electron chi connectivity index (χ4n) is 1.93. The normalized spacial score (nSPS) is 25.5. The van der Waals surface area contributed by atoms with Crippen molar-refractivity contribution >= 4 is 27.3 Å². The zero-order chi connectivity index (χ0) is 13.6. The van der Waals surface area contributed by atoms with Crippen molar-refractivity contribution in [3.8, 4) is 0 Å². The number of β-amino-alcohol motifs (C(OH)–C–C–N with tert-alkyl or cyclic N) is 1. The van der Waals surface area contributed by atoms with Crippen molar-refractivity contribution < 1.29 is 13.5 Å². The van der Waals surface area contributed by atoms with E-state index in [1.54, 1.807) is 6.92 Å². The number of hydrogen-bond acceptors (Lipinski definition) is 4. The Morgan fingerprint density at radius 1 is 1.50 bits per heavy atom. The largest absolute Gasteiger partial charge is 0.398 e. The summed E-state index contributed by atoms with van der Waals surface area (Å²) < 4.78 is 25.9. The molecule has 0 radical (unpaired) electrons. The van der Waals surface area contributed by atoms with E-state index in [1.807, 2.05) is 0 Å². The predicted octanol–water partition coefficient (Wildman–Crippen LogP) is 1.07. The van der Waals surface area contributed by atoms with Crippen molar-refractivity contribution in [2.45, 2.75) is 23.8 Å². The number of hydrogen-bond donors (Lipinski definition) is 2. The summed E-state index contributed by atoms with van der Waals surface area (Å²) in [5, 5.41) is 10.0. The molecule has 1 unspecified atom stereocenters. The van der Waals surface area contributed by atoms with Gasteiger partial charge in [-0.1, -0.05) is 11.6 Å². The molecule has 0 aromatic heterocycles. The van der Waals surface area contributed by atoms with Crippen LogP contribution in [0.3, 0.4) is 0 Å². The first-order valence-electron chi connectivity index (χ1n) is 5.50. The molecule has 7 heteroatoms. The molecular formula is C11H15ClN2O3S. The van der Waals surface area contributed by atoms with E-state index in [9.17, 15) is 13.5 Å². The maximum absolute atomic E-state index is 12.3. The lowest BCUT2D eigenvalue weighted by molar-refractivity contribution is 0.0762. The first-order valence-corrected chi connectivity index (χ1v) is 7.32. The summed E-state index contributed by atoms with van der Waals surface area (Å²) in [6.45, 7) is 2.02. The van der Waals surface area contributed by atoms with Crippen LogP contribution in [0.15, 0.2) is 23.1 Å². The summed E-state index contributed by atoms with van der Waals surface area (Å²) in [5.41, 5.74) is 4.92. The highest BCUT2D eigenvalue weighted by Crippen LogP contribution is 2.29. The highest BCUT2D eigenvalue weighted by Gasteiger charge is 2.38. The quantitative estimate of drug-likeness (QED) is 0.798. The lowest BCUT2D eigenvalue weighted by Gasteiger charge is -2.19. The highest BCUT2D eigenvalue weighted by atomic mass is 35.5. The number of sulfonamides is 1. The van der Waals surface area contributed by atoms with Crippen LogP contribution in [0.2, 0.25) is 5.02 Å². The third-order valence-electron chi connectivity index (χ3n) is 3.03. The number of nitrogen functional groups attached to an aromatic ring is 1. The van der Waals surface area contributed by atoms with Crippen LogP contribution in [-0.4, -0.2) is 36.5 Å². The summed E-state index contributed by atoms with van der Waals surface area (Å²) in [4.78, 5) is 0.0967. The van der Waals surface area contributed by atoms with Gasteiger partial charge in [0.15, 0.2) is 0 Å². The van der Waals surface area contributed by atoms with Crippen LogP contribution in [0.4, 0.5) is 5.69 Å². The summed E-state index contributed by atoms with van der Waals surface area (Å²) in [6.07, 6.45) is 0.426. The van der Waals surface area contributed by atoms with Gasteiger partial charge in [0.25, 0.3) is 0 Å². The molecule has 0 aliphatic carbocycles. The van der Waals surface area contributed by atoms with Gasteiger partial charge in [0, 0.05) is 13.1 Å². The first-order chi connectivity index (χ1) is 8.22. The van der Waals surface area contributed by atoms with Crippen LogP contribution >= 0.6 is 11.6 Å². The van der Waals surface area contributed by atoms with Gasteiger partial charge in [-0.15, -0.1) is 0 Å². The highest BCUT2D eigenvalue weighted by molar-refractivity contribution is 7.89. The molecule has 1 heterocycles. The molecule has 1 aromatic carbocycles. The molecule has 0 bridgehead atoms. The van der Waals surface area contributed by atoms with E-state index in [0.29, 0.717) is 18.7 Å². The molecule has 100 valence electrons. The number of nitrogens with two attached hydrogens (primary N) is 1. The Morgan fingerprint density at radius 3 is 2.67 bits per heavy atom. The molecule has 1 saturated heterocycles. The molecule has 0 spiro atoms. The Balaban J connectivity index is 2.34. The summed E-state index contributed by atoms with van der Waals surface area (Å²) >= 11 is 5.83. The number of aliphatic hydroxyl groups is 1. The van der Waals surface area contributed by atoms with E-state index in [1.165, 1.54) is 22.5 Å². The molecule has 0 saturated carbocycles. The van der Waals surface area contributed by atoms with Gasteiger partial charge in [0.1, 0.15) is 0 Å². The Bertz CT molecular complexity index is 572. The smallest absolute Gasteiger partial charge is 0.243 e. The number of rotatable bonds is 2. The Labute approximate surface area is 111 Å². The van der Waals surface area contributed by atoms with Crippen molar-refractivity contribution in [3.05, 3.63) is 23.2 Å². The van der Waals surface area contributed by atoms with Crippen molar-refractivity contribution in [1.29, 1.82) is 0 Å². The van der Waals surface area contributed by atoms with E-state index in [-0.39, 0.29) is 16.5 Å². The van der Waals surface area contributed by atoms with Gasteiger partial charge in [-0.25, -0.2) is 8.42 Å². The molecule has 1 aliphatic rings. The average molecular weight is 291 g/mol. The Kier molecular flexibility index (Phi) is 3.31. The molecular weight excluding hydrogens is 276 g/mol. The minimum atomic E-state index is -3.62. The van der Waals surface area contributed by atoms with Gasteiger partial charge < -0.3 is 10.8 Å².